The quantitative estimate of drug-likeness (QED) is 0.195. The molecule has 0 spiro atoms. The zero-order valence-corrected chi connectivity index (χ0v) is 26.2. The summed E-state index contributed by atoms with van der Waals surface area (Å²) in [5, 5.41) is 9.80. The van der Waals surface area contributed by atoms with Gasteiger partial charge in [-0.1, -0.05) is 103 Å². The highest BCUT2D eigenvalue weighted by molar-refractivity contribution is 7.25. The summed E-state index contributed by atoms with van der Waals surface area (Å²) in [4.78, 5) is 2.38. The molecule has 0 aliphatic rings. The van der Waals surface area contributed by atoms with Gasteiger partial charge in [-0.25, -0.2) is 0 Å². The lowest BCUT2D eigenvalue weighted by Crippen LogP contribution is -2.09. The number of rotatable bonds is 4. The Morgan fingerprint density at radius 3 is 2.02 bits per heavy atom. The first kappa shape index (κ1) is 26.3. The van der Waals surface area contributed by atoms with E-state index in [0.717, 1.165) is 33.6 Å². The molecule has 10 aromatic rings. The van der Waals surface area contributed by atoms with Crippen molar-refractivity contribution in [3.8, 4) is 11.1 Å². The number of hydrogen-bond donors (Lipinski definition) is 0. The highest BCUT2D eigenvalue weighted by Gasteiger charge is 2.17. The standard InChI is InChI=1S/C44H27NOS/c1-2-10-34-28(8-1)9-7-13-35(34)29-16-19-31(20-17-29)45(33-22-25-43-39(27-33)37-11-4-6-15-42(37)47-43)32-21-23-36-30(26-32)18-24-41-44(36)38-12-3-5-14-40(38)46-41/h1-27H. The van der Waals surface area contributed by atoms with Gasteiger partial charge in [-0.3, -0.25) is 0 Å². The maximum absolute atomic E-state index is 6.21. The fourth-order valence-corrected chi connectivity index (χ4v) is 8.33. The summed E-state index contributed by atoms with van der Waals surface area (Å²) in [7, 11) is 0. The molecule has 0 fully saturated rings. The number of hydrogen-bond acceptors (Lipinski definition) is 3. The van der Waals surface area contributed by atoms with Crippen LogP contribution in [-0.4, -0.2) is 0 Å². The van der Waals surface area contributed by atoms with Crippen LogP contribution < -0.4 is 4.90 Å². The fourth-order valence-electron chi connectivity index (χ4n) is 7.25. The second kappa shape index (κ2) is 10.3. The number of benzene rings is 8. The maximum atomic E-state index is 6.21. The van der Waals surface area contributed by atoms with Gasteiger partial charge in [0.25, 0.3) is 0 Å². The predicted octanol–water partition coefficient (Wildman–Crippen LogP) is 13.4. The second-order valence-electron chi connectivity index (χ2n) is 12.1. The number of para-hydroxylation sites is 1. The van der Waals surface area contributed by atoms with E-state index in [1.54, 1.807) is 0 Å². The zero-order valence-electron chi connectivity index (χ0n) is 25.4. The monoisotopic (exact) mass is 617 g/mol. The van der Waals surface area contributed by atoms with Gasteiger partial charge in [0.2, 0.25) is 0 Å². The van der Waals surface area contributed by atoms with E-state index >= 15 is 0 Å². The molecule has 0 atom stereocenters. The molecule has 0 N–H and O–H groups in total. The molecule has 220 valence electrons. The Morgan fingerprint density at radius 1 is 0.404 bits per heavy atom. The van der Waals surface area contributed by atoms with Crippen LogP contribution in [0.15, 0.2) is 168 Å². The van der Waals surface area contributed by atoms with Crippen molar-refractivity contribution in [1.29, 1.82) is 0 Å². The third-order valence-electron chi connectivity index (χ3n) is 9.44. The van der Waals surface area contributed by atoms with E-state index in [0.29, 0.717) is 0 Å². The summed E-state index contributed by atoms with van der Waals surface area (Å²) < 4.78 is 8.82. The van der Waals surface area contributed by atoms with Crippen molar-refractivity contribution in [2.75, 3.05) is 4.90 Å². The molecule has 8 aromatic carbocycles. The largest absolute Gasteiger partial charge is 0.456 e. The molecular weight excluding hydrogens is 591 g/mol. The fraction of sp³-hybridized carbons (Fsp3) is 0. The van der Waals surface area contributed by atoms with Crippen molar-refractivity contribution in [2.45, 2.75) is 0 Å². The van der Waals surface area contributed by atoms with Gasteiger partial charge in [0.15, 0.2) is 0 Å². The highest BCUT2D eigenvalue weighted by atomic mass is 32.1. The van der Waals surface area contributed by atoms with Crippen LogP contribution in [0.3, 0.4) is 0 Å². The molecule has 3 heteroatoms. The number of thiophene rings is 1. The van der Waals surface area contributed by atoms with Gasteiger partial charge in [0.05, 0.1) is 0 Å². The Bertz CT molecular complexity index is 2800. The van der Waals surface area contributed by atoms with E-state index in [1.807, 2.05) is 23.5 Å². The predicted molar refractivity (Wildman–Crippen MR) is 202 cm³/mol. The summed E-state index contributed by atoms with van der Waals surface area (Å²) in [6.07, 6.45) is 0. The minimum atomic E-state index is 0.919. The smallest absolute Gasteiger partial charge is 0.136 e. The lowest BCUT2D eigenvalue weighted by molar-refractivity contribution is 0.669. The van der Waals surface area contributed by atoms with Crippen molar-refractivity contribution in [1.82, 2.24) is 0 Å². The highest BCUT2D eigenvalue weighted by Crippen LogP contribution is 2.43. The van der Waals surface area contributed by atoms with E-state index in [2.05, 4.69) is 157 Å². The van der Waals surface area contributed by atoms with Crippen LogP contribution in [-0.2, 0) is 0 Å². The van der Waals surface area contributed by atoms with Crippen LogP contribution >= 0.6 is 11.3 Å². The number of anilines is 3. The lowest BCUT2D eigenvalue weighted by Gasteiger charge is -2.26. The molecule has 0 aliphatic heterocycles. The molecule has 0 unspecified atom stereocenters. The SMILES string of the molecule is c1ccc2c(-c3ccc(N(c4ccc5c(ccc6oc7ccccc7c65)c4)c4ccc5sc6ccccc6c5c4)cc3)cccc2c1. The Kier molecular flexibility index (Phi) is 5.78. The third kappa shape index (κ3) is 4.17. The molecule has 0 radical (unpaired) electrons. The van der Waals surface area contributed by atoms with Crippen LogP contribution in [0.2, 0.25) is 0 Å². The van der Waals surface area contributed by atoms with Crippen molar-refractivity contribution < 1.29 is 4.42 Å². The van der Waals surface area contributed by atoms with Gasteiger partial charge in [-0.05, 0) is 93.3 Å². The van der Waals surface area contributed by atoms with Crippen LogP contribution in [0.5, 0.6) is 0 Å². The van der Waals surface area contributed by atoms with E-state index in [4.69, 9.17) is 4.42 Å². The van der Waals surface area contributed by atoms with Gasteiger partial charge < -0.3 is 9.32 Å². The van der Waals surface area contributed by atoms with E-state index in [-0.39, 0.29) is 0 Å². The summed E-state index contributed by atoms with van der Waals surface area (Å²) >= 11 is 1.85. The Balaban J connectivity index is 1.16. The minimum Gasteiger partial charge on any atom is -0.456 e. The molecule has 0 saturated heterocycles. The topological polar surface area (TPSA) is 16.4 Å². The molecule has 2 heterocycles. The first-order valence-corrected chi connectivity index (χ1v) is 16.7. The van der Waals surface area contributed by atoms with E-state index in [1.165, 1.54) is 58.2 Å². The number of fused-ring (bicyclic) bond motifs is 9. The van der Waals surface area contributed by atoms with Gasteiger partial charge in [0.1, 0.15) is 11.2 Å². The van der Waals surface area contributed by atoms with Crippen LogP contribution in [0.4, 0.5) is 17.1 Å². The molecule has 0 saturated carbocycles. The molecule has 0 aliphatic carbocycles. The molecule has 10 rings (SSSR count). The molecular formula is C44H27NOS. The van der Waals surface area contributed by atoms with Crippen LogP contribution in [0.1, 0.15) is 0 Å². The van der Waals surface area contributed by atoms with Gasteiger partial charge >= 0.3 is 0 Å². The summed E-state index contributed by atoms with van der Waals surface area (Å²) in [6, 6.07) is 59.2. The van der Waals surface area contributed by atoms with Gasteiger partial charge in [0, 0.05) is 48.0 Å². The molecule has 47 heavy (non-hydrogen) atoms. The molecule has 0 amide bonds. The Morgan fingerprint density at radius 2 is 1.11 bits per heavy atom. The normalized spacial score (nSPS) is 11.8. The Labute approximate surface area is 275 Å². The zero-order chi connectivity index (χ0) is 30.9. The summed E-state index contributed by atoms with van der Waals surface area (Å²) in [5.41, 5.74) is 7.65. The van der Waals surface area contributed by atoms with Crippen molar-refractivity contribution in [3.63, 3.8) is 0 Å². The van der Waals surface area contributed by atoms with Crippen LogP contribution in [0.25, 0.3) is 74.8 Å². The van der Waals surface area contributed by atoms with Gasteiger partial charge in [-0.2, -0.15) is 0 Å². The number of furan rings is 1. The Hall–Kier alpha value is -5.90. The van der Waals surface area contributed by atoms with Crippen molar-refractivity contribution in [3.05, 3.63) is 164 Å². The average Bonchev–Trinajstić information content (AvgIpc) is 3.70. The van der Waals surface area contributed by atoms with Crippen molar-refractivity contribution >= 4 is 92.1 Å². The lowest BCUT2D eigenvalue weighted by atomic mass is 9.98. The first-order valence-electron chi connectivity index (χ1n) is 15.9. The first-order chi connectivity index (χ1) is 23.3. The van der Waals surface area contributed by atoms with E-state index < -0.39 is 0 Å². The van der Waals surface area contributed by atoms with Gasteiger partial charge in [-0.15, -0.1) is 11.3 Å². The summed E-state index contributed by atoms with van der Waals surface area (Å²) in [5.74, 6) is 0. The van der Waals surface area contributed by atoms with E-state index in [9.17, 15) is 0 Å². The average molecular weight is 618 g/mol. The summed E-state index contributed by atoms with van der Waals surface area (Å²) in [6.45, 7) is 0. The molecule has 0 bridgehead atoms. The third-order valence-corrected chi connectivity index (χ3v) is 10.6. The minimum absolute atomic E-state index is 0.919. The molecule has 2 aromatic heterocycles. The maximum Gasteiger partial charge on any atom is 0.136 e. The number of nitrogens with zero attached hydrogens (tertiary/aromatic N) is 1. The molecule has 2 nitrogen and oxygen atoms in total. The second-order valence-corrected chi connectivity index (χ2v) is 13.2. The van der Waals surface area contributed by atoms with Crippen LogP contribution in [0, 0.1) is 0 Å². The van der Waals surface area contributed by atoms with Crippen molar-refractivity contribution in [2.24, 2.45) is 0 Å².